The zero-order valence-electron chi connectivity index (χ0n) is 16.0. The van der Waals surface area contributed by atoms with E-state index in [1.165, 1.54) is 19.3 Å². The molecule has 1 heterocycles. The van der Waals surface area contributed by atoms with Gasteiger partial charge in [-0.25, -0.2) is 0 Å². The van der Waals surface area contributed by atoms with Gasteiger partial charge in [0.1, 0.15) is 11.5 Å². The third-order valence-electron chi connectivity index (χ3n) is 5.44. The Bertz CT molecular complexity index is 985. The summed E-state index contributed by atoms with van der Waals surface area (Å²) < 4.78 is 11.7. The van der Waals surface area contributed by atoms with E-state index in [0.29, 0.717) is 5.75 Å². The number of hydrogen-bond acceptors (Lipinski definition) is 3. The van der Waals surface area contributed by atoms with Crippen molar-refractivity contribution in [3.05, 3.63) is 48.0 Å². The van der Waals surface area contributed by atoms with Gasteiger partial charge in [0.25, 0.3) is 0 Å². The molecule has 5 nitrogen and oxygen atoms in total. The van der Waals surface area contributed by atoms with Gasteiger partial charge in [0.05, 0.1) is 25.3 Å². The minimum atomic E-state index is -0.865. The molecule has 1 saturated carbocycles. The summed E-state index contributed by atoms with van der Waals surface area (Å²) in [5, 5.41) is 10.4. The molecule has 1 aliphatic rings. The molecule has 5 heteroatoms. The largest absolute Gasteiger partial charge is 0.496 e. The van der Waals surface area contributed by atoms with Gasteiger partial charge >= 0.3 is 5.97 Å². The first-order valence-electron chi connectivity index (χ1n) is 9.82. The third kappa shape index (κ3) is 3.70. The number of carboxylic acids is 1. The first kappa shape index (κ1) is 18.4. The summed E-state index contributed by atoms with van der Waals surface area (Å²) in [5.41, 5.74) is 3.28. The fraction of sp³-hybridized carbons (Fsp3) is 0.348. The van der Waals surface area contributed by atoms with Crippen LogP contribution in [0.1, 0.15) is 37.7 Å². The van der Waals surface area contributed by atoms with E-state index in [4.69, 9.17) is 9.47 Å². The van der Waals surface area contributed by atoms with Gasteiger partial charge in [-0.15, -0.1) is 0 Å². The number of para-hydroxylation sites is 1. The molecule has 0 amide bonds. The molecule has 1 aromatic heterocycles. The number of hydrogen-bond donors (Lipinski definition) is 2. The zero-order valence-corrected chi connectivity index (χ0v) is 16.0. The number of benzene rings is 2. The monoisotopic (exact) mass is 379 g/mol. The molecule has 0 atom stereocenters. The van der Waals surface area contributed by atoms with Crippen molar-refractivity contribution in [1.82, 2.24) is 4.98 Å². The molecule has 0 radical (unpaired) electrons. The highest BCUT2D eigenvalue weighted by Crippen LogP contribution is 2.37. The molecular weight excluding hydrogens is 354 g/mol. The lowest BCUT2D eigenvalue weighted by atomic mass is 9.97. The van der Waals surface area contributed by atoms with Gasteiger partial charge in [-0.3, -0.25) is 4.79 Å². The second-order valence-electron chi connectivity index (χ2n) is 7.33. The second-order valence-corrected chi connectivity index (χ2v) is 7.33. The molecule has 3 aromatic rings. The Kier molecular flexibility index (Phi) is 5.24. The number of carbonyl (C=O) groups is 1. The molecule has 0 unspecified atom stereocenters. The van der Waals surface area contributed by atoms with Crippen molar-refractivity contribution in [2.24, 2.45) is 0 Å². The average molecular weight is 379 g/mol. The van der Waals surface area contributed by atoms with E-state index < -0.39 is 5.97 Å². The maximum atomic E-state index is 11.6. The minimum Gasteiger partial charge on any atom is -0.496 e. The lowest BCUT2D eigenvalue weighted by Crippen LogP contribution is -2.19. The number of ether oxygens (including phenoxy) is 2. The molecule has 4 rings (SSSR count). The SMILES string of the molecule is COc1ccccc1-c1[nH]c2ccc(OC3CCCCC3)cc2c1CC(=O)O. The third-order valence-corrected chi connectivity index (χ3v) is 5.44. The van der Waals surface area contributed by atoms with Gasteiger partial charge in [-0.1, -0.05) is 18.6 Å². The van der Waals surface area contributed by atoms with E-state index in [-0.39, 0.29) is 12.5 Å². The van der Waals surface area contributed by atoms with Crippen molar-refractivity contribution in [1.29, 1.82) is 0 Å². The van der Waals surface area contributed by atoms with Crippen molar-refractivity contribution in [2.45, 2.75) is 44.6 Å². The van der Waals surface area contributed by atoms with E-state index in [9.17, 15) is 9.90 Å². The molecular formula is C23H25NO4. The second kappa shape index (κ2) is 7.97. The fourth-order valence-electron chi connectivity index (χ4n) is 4.09. The highest BCUT2D eigenvalue weighted by Gasteiger charge is 2.20. The molecule has 1 fully saturated rings. The first-order valence-corrected chi connectivity index (χ1v) is 9.82. The Morgan fingerprint density at radius 1 is 1.14 bits per heavy atom. The predicted octanol–water partition coefficient (Wildman–Crippen LogP) is 5.18. The predicted molar refractivity (Wildman–Crippen MR) is 109 cm³/mol. The molecule has 1 aliphatic carbocycles. The average Bonchev–Trinajstić information content (AvgIpc) is 3.06. The minimum absolute atomic E-state index is 0.0692. The normalized spacial score (nSPS) is 14.9. The van der Waals surface area contributed by atoms with E-state index in [0.717, 1.165) is 46.3 Å². The molecule has 28 heavy (non-hydrogen) atoms. The van der Waals surface area contributed by atoms with Crippen molar-refractivity contribution in [2.75, 3.05) is 7.11 Å². The summed E-state index contributed by atoms with van der Waals surface area (Å²) in [5.74, 6) is 0.645. The number of aliphatic carboxylic acids is 1. The molecule has 0 spiro atoms. The van der Waals surface area contributed by atoms with Gasteiger partial charge in [-0.2, -0.15) is 0 Å². The summed E-state index contributed by atoms with van der Waals surface area (Å²) in [6.45, 7) is 0. The highest BCUT2D eigenvalue weighted by atomic mass is 16.5. The van der Waals surface area contributed by atoms with Crippen LogP contribution >= 0.6 is 0 Å². The Balaban J connectivity index is 1.78. The Morgan fingerprint density at radius 3 is 2.68 bits per heavy atom. The van der Waals surface area contributed by atoms with Crippen LogP contribution in [0.15, 0.2) is 42.5 Å². The van der Waals surface area contributed by atoms with Crippen LogP contribution in [0, 0.1) is 0 Å². The number of nitrogens with one attached hydrogen (secondary N) is 1. The van der Waals surface area contributed by atoms with Gasteiger partial charge < -0.3 is 19.6 Å². The smallest absolute Gasteiger partial charge is 0.307 e. The standard InChI is InChI=1S/C23H25NO4/c1-27-21-10-6-5-9-17(21)23-19(14-22(25)26)18-13-16(11-12-20(18)24-23)28-15-7-3-2-4-8-15/h5-6,9-13,15,24H,2-4,7-8,14H2,1H3,(H,25,26). The topological polar surface area (TPSA) is 71.5 Å². The summed E-state index contributed by atoms with van der Waals surface area (Å²) in [7, 11) is 1.62. The first-order chi connectivity index (χ1) is 13.7. The van der Waals surface area contributed by atoms with E-state index >= 15 is 0 Å². The number of H-pyrrole nitrogens is 1. The van der Waals surface area contributed by atoms with Gasteiger partial charge in [-0.05, 0) is 61.6 Å². The molecule has 0 saturated heterocycles. The molecule has 2 N–H and O–H groups in total. The summed E-state index contributed by atoms with van der Waals surface area (Å²) in [6, 6.07) is 13.5. The van der Waals surface area contributed by atoms with Crippen LogP contribution in [0.4, 0.5) is 0 Å². The van der Waals surface area contributed by atoms with E-state index in [1.54, 1.807) is 7.11 Å². The van der Waals surface area contributed by atoms with Crippen LogP contribution in [0.5, 0.6) is 11.5 Å². The van der Waals surface area contributed by atoms with Gasteiger partial charge in [0.2, 0.25) is 0 Å². The number of aromatic amines is 1. The number of aromatic nitrogens is 1. The molecule has 0 aliphatic heterocycles. The molecule has 0 bridgehead atoms. The van der Waals surface area contributed by atoms with E-state index in [2.05, 4.69) is 4.98 Å². The zero-order chi connectivity index (χ0) is 19.5. The lowest BCUT2D eigenvalue weighted by molar-refractivity contribution is -0.136. The summed E-state index contributed by atoms with van der Waals surface area (Å²) in [4.78, 5) is 15.0. The van der Waals surface area contributed by atoms with Crippen molar-refractivity contribution in [3.63, 3.8) is 0 Å². The quantitative estimate of drug-likeness (QED) is 0.619. The Labute approximate surface area is 164 Å². The molecule has 2 aromatic carbocycles. The fourth-order valence-corrected chi connectivity index (χ4v) is 4.09. The van der Waals surface area contributed by atoms with Crippen LogP contribution in [-0.4, -0.2) is 29.3 Å². The molecule has 146 valence electrons. The number of carboxylic acid groups (broad SMARTS) is 1. The van der Waals surface area contributed by atoms with Gasteiger partial charge in [0, 0.05) is 16.5 Å². The van der Waals surface area contributed by atoms with Crippen LogP contribution in [0.2, 0.25) is 0 Å². The highest BCUT2D eigenvalue weighted by molar-refractivity contribution is 5.95. The maximum Gasteiger partial charge on any atom is 0.307 e. The van der Waals surface area contributed by atoms with Crippen LogP contribution in [0.25, 0.3) is 22.2 Å². The van der Waals surface area contributed by atoms with Gasteiger partial charge in [0.15, 0.2) is 0 Å². The maximum absolute atomic E-state index is 11.6. The lowest BCUT2D eigenvalue weighted by Gasteiger charge is -2.23. The Morgan fingerprint density at radius 2 is 1.93 bits per heavy atom. The van der Waals surface area contributed by atoms with Crippen molar-refractivity contribution < 1.29 is 19.4 Å². The number of methoxy groups -OCH3 is 1. The van der Waals surface area contributed by atoms with Crippen LogP contribution in [-0.2, 0) is 11.2 Å². The van der Waals surface area contributed by atoms with E-state index in [1.807, 2.05) is 42.5 Å². The van der Waals surface area contributed by atoms with Crippen LogP contribution in [0.3, 0.4) is 0 Å². The number of rotatable bonds is 6. The van der Waals surface area contributed by atoms with Crippen molar-refractivity contribution in [3.8, 4) is 22.8 Å². The van der Waals surface area contributed by atoms with Crippen LogP contribution < -0.4 is 9.47 Å². The number of fused-ring (bicyclic) bond motifs is 1. The summed E-state index contributed by atoms with van der Waals surface area (Å²) >= 11 is 0. The van der Waals surface area contributed by atoms with Crippen molar-refractivity contribution >= 4 is 16.9 Å². The summed E-state index contributed by atoms with van der Waals surface area (Å²) in [6.07, 6.45) is 6.04. The Hall–Kier alpha value is -2.95.